The molecule has 3 aromatic rings. The molecule has 3 heterocycles. The zero-order chi connectivity index (χ0) is 26.8. The number of benzene rings is 2. The van der Waals surface area contributed by atoms with Crippen LogP contribution >= 0.6 is 23.1 Å². The van der Waals surface area contributed by atoms with E-state index in [-0.39, 0.29) is 24.6 Å². The monoisotopic (exact) mass is 548 g/mol. The lowest BCUT2D eigenvalue weighted by molar-refractivity contribution is -0.123. The Hall–Kier alpha value is -3.94. The Kier molecular flexibility index (Phi) is 7.31. The van der Waals surface area contributed by atoms with Crippen LogP contribution in [-0.4, -0.2) is 57.7 Å². The molecule has 2 aromatic carbocycles. The molecule has 1 aromatic heterocycles. The number of nitrogens with zero attached hydrogens (tertiary/aromatic N) is 5. The number of aliphatic imine (C=N–C) groups is 1. The highest BCUT2D eigenvalue weighted by atomic mass is 35.5. The molecule has 2 unspecified atom stereocenters. The molecule has 1 N–H and O–H groups in total. The van der Waals surface area contributed by atoms with Gasteiger partial charge in [0, 0.05) is 24.3 Å². The van der Waals surface area contributed by atoms with Gasteiger partial charge in [0.05, 0.1) is 34.2 Å². The predicted molar refractivity (Wildman–Crippen MR) is 144 cm³/mol. The van der Waals surface area contributed by atoms with Crippen LogP contribution in [0.5, 0.6) is 5.75 Å². The van der Waals surface area contributed by atoms with E-state index >= 15 is 0 Å². The van der Waals surface area contributed by atoms with Gasteiger partial charge in [-0.3, -0.25) is 14.7 Å². The molecule has 194 valence electrons. The van der Waals surface area contributed by atoms with E-state index in [1.807, 2.05) is 32.0 Å². The maximum absolute atomic E-state index is 14.2. The molecule has 5 rings (SSSR count). The van der Waals surface area contributed by atoms with Crippen LogP contribution < -0.4 is 10.1 Å². The Morgan fingerprint density at radius 1 is 1.24 bits per heavy atom. The number of urea groups is 1. The fourth-order valence-electron chi connectivity index (χ4n) is 4.62. The van der Waals surface area contributed by atoms with E-state index < -0.39 is 12.1 Å². The zero-order valence-electron chi connectivity index (χ0n) is 20.8. The van der Waals surface area contributed by atoms with Gasteiger partial charge in [-0.1, -0.05) is 23.7 Å². The van der Waals surface area contributed by atoms with Crippen molar-refractivity contribution in [2.75, 3.05) is 19.6 Å². The number of carbonyl (C=O) groups is 2. The molecule has 0 aliphatic carbocycles. The Labute approximate surface area is 229 Å². The summed E-state index contributed by atoms with van der Waals surface area (Å²) in [6.45, 7) is 4.48. The normalized spacial score (nSPS) is 19.2. The van der Waals surface area contributed by atoms with Crippen molar-refractivity contribution in [3.63, 3.8) is 0 Å². The SMILES string of the molecule is CC(C)Oc1cc(C#N)ccc1C1=NC(c2ccns2)C(c2ccc(Cl)cc2)N1C(=O)N1CCNC(=O)C1. The third-order valence-corrected chi connectivity index (χ3v) is 7.32. The minimum Gasteiger partial charge on any atom is -0.490 e. The molecule has 0 saturated carbocycles. The Morgan fingerprint density at radius 3 is 2.68 bits per heavy atom. The van der Waals surface area contributed by atoms with Crippen molar-refractivity contribution in [1.82, 2.24) is 19.5 Å². The van der Waals surface area contributed by atoms with E-state index in [0.29, 0.717) is 40.8 Å². The lowest BCUT2D eigenvalue weighted by Crippen LogP contribution is -2.55. The lowest BCUT2D eigenvalue weighted by Gasteiger charge is -2.35. The lowest BCUT2D eigenvalue weighted by atomic mass is 9.98. The topological polar surface area (TPSA) is 111 Å². The van der Waals surface area contributed by atoms with Crippen LogP contribution in [0.2, 0.25) is 5.02 Å². The molecule has 2 aliphatic heterocycles. The summed E-state index contributed by atoms with van der Waals surface area (Å²) < 4.78 is 10.4. The first-order chi connectivity index (χ1) is 18.4. The van der Waals surface area contributed by atoms with Crippen LogP contribution in [0.3, 0.4) is 0 Å². The van der Waals surface area contributed by atoms with Gasteiger partial charge >= 0.3 is 6.03 Å². The van der Waals surface area contributed by atoms with Gasteiger partial charge in [-0.25, -0.2) is 9.17 Å². The third-order valence-electron chi connectivity index (χ3n) is 6.26. The molecule has 0 radical (unpaired) electrons. The molecule has 9 nitrogen and oxygen atoms in total. The van der Waals surface area contributed by atoms with Crippen LogP contribution in [0.1, 0.15) is 47.5 Å². The molecule has 1 saturated heterocycles. The van der Waals surface area contributed by atoms with Crippen molar-refractivity contribution < 1.29 is 14.3 Å². The molecule has 0 spiro atoms. The molecule has 11 heteroatoms. The average molecular weight is 549 g/mol. The number of hydrogen-bond donors (Lipinski definition) is 1. The maximum atomic E-state index is 14.2. The van der Waals surface area contributed by atoms with E-state index in [1.165, 1.54) is 16.4 Å². The highest BCUT2D eigenvalue weighted by molar-refractivity contribution is 7.05. The summed E-state index contributed by atoms with van der Waals surface area (Å²) in [5, 5.41) is 12.9. The summed E-state index contributed by atoms with van der Waals surface area (Å²) in [6.07, 6.45) is 1.53. The van der Waals surface area contributed by atoms with Gasteiger partial charge in [-0.05, 0) is 67.3 Å². The fraction of sp³-hybridized carbons (Fsp3) is 0.296. The minimum atomic E-state index is -0.525. The second-order valence-electron chi connectivity index (χ2n) is 9.22. The highest BCUT2D eigenvalue weighted by Crippen LogP contribution is 2.46. The van der Waals surface area contributed by atoms with Crippen LogP contribution in [-0.2, 0) is 4.79 Å². The van der Waals surface area contributed by atoms with E-state index in [1.54, 1.807) is 41.4 Å². The number of piperazine rings is 1. The second-order valence-corrected chi connectivity index (χ2v) is 10.5. The van der Waals surface area contributed by atoms with Gasteiger partial charge in [0.2, 0.25) is 5.91 Å². The van der Waals surface area contributed by atoms with Crippen molar-refractivity contribution in [3.8, 4) is 11.8 Å². The minimum absolute atomic E-state index is 0.0517. The number of aromatic nitrogens is 1. The first kappa shape index (κ1) is 25.7. The number of amides is 3. The summed E-state index contributed by atoms with van der Waals surface area (Å²) in [6, 6.07) is 15.1. The quantitative estimate of drug-likeness (QED) is 0.503. The first-order valence-corrected chi connectivity index (χ1v) is 13.3. The average Bonchev–Trinajstić information content (AvgIpc) is 3.57. The number of rotatable bonds is 5. The first-order valence-electron chi connectivity index (χ1n) is 12.2. The van der Waals surface area contributed by atoms with Crippen molar-refractivity contribution in [3.05, 3.63) is 81.3 Å². The van der Waals surface area contributed by atoms with E-state index in [4.69, 9.17) is 21.3 Å². The summed E-state index contributed by atoms with van der Waals surface area (Å²) in [5.74, 6) is 0.637. The molecule has 2 aliphatic rings. The smallest absolute Gasteiger partial charge is 0.326 e. The molecular weight excluding hydrogens is 524 g/mol. The van der Waals surface area contributed by atoms with Crippen LogP contribution in [0.15, 0.2) is 59.7 Å². The van der Waals surface area contributed by atoms with Gasteiger partial charge < -0.3 is 15.0 Å². The summed E-state index contributed by atoms with van der Waals surface area (Å²) in [7, 11) is 0. The molecule has 0 bridgehead atoms. The number of nitrogens with one attached hydrogen (secondary N) is 1. The zero-order valence-corrected chi connectivity index (χ0v) is 22.4. The predicted octanol–water partition coefficient (Wildman–Crippen LogP) is 4.55. The Morgan fingerprint density at radius 2 is 2.03 bits per heavy atom. The number of amidine groups is 1. The largest absolute Gasteiger partial charge is 0.490 e. The standard InChI is InChI=1S/C27H25ClN6O3S/c1-16(2)37-21-13-17(14-29)3-8-20(21)26-32-24(22-9-10-31-38-22)25(18-4-6-19(28)7-5-18)34(26)27(36)33-12-11-30-23(35)15-33/h3-10,13,16,24-25H,11-12,15H2,1-2H3,(H,30,35). The van der Waals surface area contributed by atoms with Crippen LogP contribution in [0, 0.1) is 11.3 Å². The van der Waals surface area contributed by atoms with Gasteiger partial charge in [0.25, 0.3) is 0 Å². The summed E-state index contributed by atoms with van der Waals surface area (Å²) in [5.41, 5.74) is 1.85. The number of halogens is 1. The number of hydrogen-bond acceptors (Lipinski definition) is 7. The summed E-state index contributed by atoms with van der Waals surface area (Å²) >= 11 is 7.52. The van der Waals surface area contributed by atoms with E-state index in [9.17, 15) is 14.9 Å². The van der Waals surface area contributed by atoms with Gasteiger partial charge in [0.1, 0.15) is 24.2 Å². The second kappa shape index (κ2) is 10.8. The highest BCUT2D eigenvalue weighted by Gasteiger charge is 2.45. The van der Waals surface area contributed by atoms with Gasteiger partial charge in [-0.15, -0.1) is 0 Å². The van der Waals surface area contributed by atoms with Crippen LogP contribution in [0.25, 0.3) is 0 Å². The number of nitriles is 1. The molecule has 2 atom stereocenters. The number of carbonyl (C=O) groups excluding carboxylic acids is 2. The van der Waals surface area contributed by atoms with Crippen molar-refractivity contribution in [1.29, 1.82) is 5.26 Å². The molecule has 1 fully saturated rings. The summed E-state index contributed by atoms with van der Waals surface area (Å²) in [4.78, 5) is 35.6. The van der Waals surface area contributed by atoms with Gasteiger partial charge in [0.15, 0.2) is 0 Å². The van der Waals surface area contributed by atoms with Crippen molar-refractivity contribution in [2.24, 2.45) is 4.99 Å². The maximum Gasteiger partial charge on any atom is 0.326 e. The van der Waals surface area contributed by atoms with Crippen LogP contribution in [0.4, 0.5) is 4.79 Å². The fourth-order valence-corrected chi connectivity index (χ4v) is 5.40. The Bertz CT molecular complexity index is 1420. The molecule has 38 heavy (non-hydrogen) atoms. The molecule has 3 amide bonds. The third kappa shape index (κ3) is 5.08. The Balaban J connectivity index is 1.69. The van der Waals surface area contributed by atoms with E-state index in [2.05, 4.69) is 15.8 Å². The number of ether oxygens (including phenoxy) is 1. The molecular formula is C27H25ClN6O3S. The van der Waals surface area contributed by atoms with Crippen molar-refractivity contribution >= 4 is 40.9 Å². The van der Waals surface area contributed by atoms with E-state index in [0.717, 1.165) is 10.4 Å². The van der Waals surface area contributed by atoms with Crippen molar-refractivity contribution in [2.45, 2.75) is 32.0 Å². The van der Waals surface area contributed by atoms with Gasteiger partial charge in [-0.2, -0.15) is 5.26 Å².